The average molecular weight is 361 g/mol. The second kappa shape index (κ2) is 8.55. The number of benzene rings is 2. The molecule has 0 fully saturated rings. The van der Waals surface area contributed by atoms with Gasteiger partial charge in [0, 0.05) is 23.7 Å². The first-order valence-corrected chi connectivity index (χ1v) is 7.43. The fraction of sp³-hybridized carbons (Fsp3) is 0.0625. The molecular formula is C16H13ClN4O4. The van der Waals surface area contributed by atoms with E-state index in [1.165, 1.54) is 30.5 Å². The van der Waals surface area contributed by atoms with Gasteiger partial charge in [-0.25, -0.2) is 5.43 Å². The third-order valence-electron chi connectivity index (χ3n) is 3.06. The number of hydrogen-bond donors (Lipinski definition) is 2. The second-order valence-electron chi connectivity index (χ2n) is 4.86. The van der Waals surface area contributed by atoms with Crippen molar-refractivity contribution in [3.8, 4) is 0 Å². The number of carbonyl (C=O) groups is 2. The number of nitrogens with one attached hydrogen (secondary N) is 2. The third kappa shape index (κ3) is 5.70. The van der Waals surface area contributed by atoms with Gasteiger partial charge < -0.3 is 5.32 Å². The smallest absolute Gasteiger partial charge is 0.329 e. The van der Waals surface area contributed by atoms with E-state index in [-0.39, 0.29) is 12.2 Å². The summed E-state index contributed by atoms with van der Waals surface area (Å²) in [7, 11) is 0. The molecule has 0 heterocycles. The number of carbonyl (C=O) groups excluding carboxylic acids is 2. The van der Waals surface area contributed by atoms with Crippen LogP contribution in [0.5, 0.6) is 0 Å². The van der Waals surface area contributed by atoms with E-state index in [1.54, 1.807) is 24.3 Å². The number of nitrogens with zero attached hydrogens (tertiary/aromatic N) is 2. The quantitative estimate of drug-likeness (QED) is 0.367. The normalized spacial score (nSPS) is 10.4. The zero-order valence-corrected chi connectivity index (χ0v) is 13.6. The van der Waals surface area contributed by atoms with E-state index in [4.69, 9.17) is 11.6 Å². The van der Waals surface area contributed by atoms with E-state index in [0.717, 1.165) is 5.56 Å². The van der Waals surface area contributed by atoms with Crippen LogP contribution in [0.2, 0.25) is 5.02 Å². The SMILES string of the molecule is O=C(NCc1ccc(Cl)cc1)C(=O)N/N=C/c1ccc([N+](=O)[O-])cc1. The van der Waals surface area contributed by atoms with E-state index in [1.807, 2.05) is 0 Å². The lowest BCUT2D eigenvalue weighted by atomic mass is 10.2. The summed E-state index contributed by atoms with van der Waals surface area (Å²) in [6.45, 7) is 0.176. The van der Waals surface area contributed by atoms with E-state index >= 15 is 0 Å². The molecule has 0 saturated carbocycles. The van der Waals surface area contributed by atoms with Crippen LogP contribution in [0.15, 0.2) is 53.6 Å². The molecule has 2 aromatic carbocycles. The molecule has 2 amide bonds. The molecular weight excluding hydrogens is 348 g/mol. The molecule has 0 aromatic heterocycles. The molecule has 2 N–H and O–H groups in total. The fourth-order valence-corrected chi connectivity index (χ4v) is 1.89. The zero-order chi connectivity index (χ0) is 18.2. The summed E-state index contributed by atoms with van der Waals surface area (Å²) in [6.07, 6.45) is 1.27. The van der Waals surface area contributed by atoms with Crippen molar-refractivity contribution < 1.29 is 14.5 Å². The van der Waals surface area contributed by atoms with Crippen LogP contribution in [0, 0.1) is 10.1 Å². The van der Waals surface area contributed by atoms with E-state index in [0.29, 0.717) is 10.6 Å². The molecule has 25 heavy (non-hydrogen) atoms. The Morgan fingerprint density at radius 1 is 1.08 bits per heavy atom. The van der Waals surface area contributed by atoms with Crippen LogP contribution >= 0.6 is 11.6 Å². The van der Waals surface area contributed by atoms with Crippen molar-refractivity contribution in [1.82, 2.24) is 10.7 Å². The lowest BCUT2D eigenvalue weighted by Gasteiger charge is -2.04. The largest absolute Gasteiger partial charge is 0.344 e. The molecule has 128 valence electrons. The van der Waals surface area contributed by atoms with Crippen LogP contribution in [-0.2, 0) is 16.1 Å². The van der Waals surface area contributed by atoms with Gasteiger partial charge in [0.25, 0.3) is 5.69 Å². The topological polar surface area (TPSA) is 114 Å². The maximum atomic E-state index is 11.6. The van der Waals surface area contributed by atoms with Gasteiger partial charge >= 0.3 is 11.8 Å². The minimum absolute atomic E-state index is 0.0530. The van der Waals surface area contributed by atoms with Crippen LogP contribution in [0.25, 0.3) is 0 Å². The van der Waals surface area contributed by atoms with Gasteiger partial charge in [0.15, 0.2) is 0 Å². The molecule has 0 radical (unpaired) electrons. The molecule has 0 aliphatic rings. The minimum Gasteiger partial charge on any atom is -0.344 e. The minimum atomic E-state index is -0.924. The molecule has 9 heteroatoms. The molecule has 0 bridgehead atoms. The van der Waals surface area contributed by atoms with Crippen molar-refractivity contribution in [2.24, 2.45) is 5.10 Å². The molecule has 0 aliphatic heterocycles. The Morgan fingerprint density at radius 2 is 1.72 bits per heavy atom. The van der Waals surface area contributed by atoms with E-state index in [2.05, 4.69) is 15.8 Å². The molecule has 0 spiro atoms. The Balaban J connectivity index is 1.81. The van der Waals surface area contributed by atoms with Crippen molar-refractivity contribution >= 4 is 35.3 Å². The summed E-state index contributed by atoms with van der Waals surface area (Å²) in [4.78, 5) is 33.3. The van der Waals surface area contributed by atoms with Gasteiger partial charge in [-0.15, -0.1) is 0 Å². The van der Waals surface area contributed by atoms with Gasteiger partial charge in [0.1, 0.15) is 0 Å². The molecule has 2 rings (SSSR count). The van der Waals surface area contributed by atoms with Gasteiger partial charge in [0.2, 0.25) is 0 Å². The first-order chi connectivity index (χ1) is 12.0. The van der Waals surface area contributed by atoms with Crippen LogP contribution in [0.4, 0.5) is 5.69 Å². The van der Waals surface area contributed by atoms with E-state index in [9.17, 15) is 19.7 Å². The van der Waals surface area contributed by atoms with Gasteiger partial charge in [-0.1, -0.05) is 23.7 Å². The first-order valence-electron chi connectivity index (χ1n) is 7.06. The van der Waals surface area contributed by atoms with Gasteiger partial charge in [0.05, 0.1) is 11.1 Å². The van der Waals surface area contributed by atoms with Gasteiger partial charge in [-0.3, -0.25) is 19.7 Å². The molecule has 0 saturated heterocycles. The van der Waals surface area contributed by atoms with Gasteiger partial charge in [-0.2, -0.15) is 5.10 Å². The highest BCUT2D eigenvalue weighted by Crippen LogP contribution is 2.10. The number of amides is 2. The number of halogens is 1. The number of hydrazone groups is 1. The third-order valence-corrected chi connectivity index (χ3v) is 3.31. The van der Waals surface area contributed by atoms with Crippen LogP contribution in [0.1, 0.15) is 11.1 Å². The molecule has 8 nitrogen and oxygen atoms in total. The number of non-ortho nitro benzene ring substituents is 1. The Hall–Kier alpha value is -3.26. The van der Waals surface area contributed by atoms with Crippen molar-refractivity contribution in [2.75, 3.05) is 0 Å². The summed E-state index contributed by atoms with van der Waals surface area (Å²) in [5.74, 6) is -1.76. The van der Waals surface area contributed by atoms with Crippen molar-refractivity contribution in [3.05, 3.63) is 74.8 Å². The second-order valence-corrected chi connectivity index (χ2v) is 5.29. The summed E-state index contributed by atoms with van der Waals surface area (Å²) in [6, 6.07) is 12.4. The summed E-state index contributed by atoms with van der Waals surface area (Å²) < 4.78 is 0. The summed E-state index contributed by atoms with van der Waals surface area (Å²) in [5.41, 5.74) is 3.35. The molecule has 2 aromatic rings. The maximum Gasteiger partial charge on any atom is 0.329 e. The van der Waals surface area contributed by atoms with Crippen LogP contribution < -0.4 is 10.7 Å². The number of nitro benzene ring substituents is 1. The Bertz CT molecular complexity index is 804. The van der Waals surface area contributed by atoms with Crippen molar-refractivity contribution in [2.45, 2.75) is 6.54 Å². The predicted molar refractivity (Wildman–Crippen MR) is 92.1 cm³/mol. The Labute approximate surface area is 147 Å². The maximum absolute atomic E-state index is 11.6. The van der Waals surface area contributed by atoms with Crippen LogP contribution in [0.3, 0.4) is 0 Å². The highest BCUT2D eigenvalue weighted by molar-refractivity contribution is 6.35. The lowest BCUT2D eigenvalue weighted by molar-refractivity contribution is -0.384. The predicted octanol–water partition coefficient (Wildman–Crippen LogP) is 2.01. The number of nitro groups is 1. The van der Waals surface area contributed by atoms with Crippen molar-refractivity contribution in [3.63, 3.8) is 0 Å². The van der Waals surface area contributed by atoms with Gasteiger partial charge in [-0.05, 0) is 35.4 Å². The standard InChI is InChI=1S/C16H13ClN4O4/c17-13-5-1-11(2-6-13)9-18-15(22)16(23)20-19-10-12-3-7-14(8-4-12)21(24)25/h1-8,10H,9H2,(H,18,22)(H,20,23)/b19-10+. The number of rotatable bonds is 5. The molecule has 0 aliphatic carbocycles. The van der Waals surface area contributed by atoms with Crippen LogP contribution in [-0.4, -0.2) is 23.0 Å². The molecule has 0 atom stereocenters. The summed E-state index contributed by atoms with van der Waals surface area (Å²) in [5, 5.41) is 17.2. The lowest BCUT2D eigenvalue weighted by Crippen LogP contribution is -2.37. The van der Waals surface area contributed by atoms with Crippen molar-refractivity contribution in [1.29, 1.82) is 0 Å². The molecule has 0 unspecified atom stereocenters. The highest BCUT2D eigenvalue weighted by Gasteiger charge is 2.11. The number of hydrogen-bond acceptors (Lipinski definition) is 5. The average Bonchev–Trinajstić information content (AvgIpc) is 2.61. The Morgan fingerprint density at radius 3 is 2.32 bits per heavy atom. The monoisotopic (exact) mass is 360 g/mol. The Kier molecular flexibility index (Phi) is 6.19. The first kappa shape index (κ1) is 18.1. The fourth-order valence-electron chi connectivity index (χ4n) is 1.76. The zero-order valence-electron chi connectivity index (χ0n) is 12.8. The van der Waals surface area contributed by atoms with E-state index < -0.39 is 16.7 Å². The summed E-state index contributed by atoms with van der Waals surface area (Å²) >= 11 is 5.76. The highest BCUT2D eigenvalue weighted by atomic mass is 35.5.